The summed E-state index contributed by atoms with van der Waals surface area (Å²) in [6.45, 7) is 10.1. The molecular formula is C12H22N2S. The average molecular weight is 226 g/mol. The lowest BCUT2D eigenvalue weighted by atomic mass is 10.3. The Balaban J connectivity index is 2.18. The number of nitrogens with zero attached hydrogens (tertiary/aromatic N) is 1. The van der Waals surface area contributed by atoms with Crippen molar-refractivity contribution in [3.8, 4) is 0 Å². The molecule has 0 bridgehead atoms. The Kier molecular flexibility index (Phi) is 6.64. The summed E-state index contributed by atoms with van der Waals surface area (Å²) in [5.41, 5.74) is 0. The van der Waals surface area contributed by atoms with E-state index < -0.39 is 0 Å². The molecule has 1 heterocycles. The molecule has 1 aromatic heterocycles. The van der Waals surface area contributed by atoms with Gasteiger partial charge in [0.2, 0.25) is 0 Å². The molecule has 0 aliphatic rings. The van der Waals surface area contributed by atoms with Gasteiger partial charge in [0.05, 0.1) is 0 Å². The Morgan fingerprint density at radius 1 is 1.40 bits per heavy atom. The van der Waals surface area contributed by atoms with Gasteiger partial charge in [-0.2, -0.15) is 0 Å². The van der Waals surface area contributed by atoms with Crippen molar-refractivity contribution in [2.75, 3.05) is 26.2 Å². The highest BCUT2D eigenvalue weighted by molar-refractivity contribution is 7.09. The molecule has 0 aliphatic heterocycles. The second kappa shape index (κ2) is 7.85. The molecule has 15 heavy (non-hydrogen) atoms. The van der Waals surface area contributed by atoms with E-state index in [0.717, 1.165) is 26.2 Å². The normalized spacial score (nSPS) is 11.1. The molecule has 0 aromatic carbocycles. The summed E-state index contributed by atoms with van der Waals surface area (Å²) in [5, 5.41) is 5.52. The first-order valence-corrected chi connectivity index (χ1v) is 6.70. The van der Waals surface area contributed by atoms with Crippen LogP contribution in [-0.2, 0) is 6.54 Å². The highest BCUT2D eigenvalue weighted by Crippen LogP contribution is 2.11. The summed E-state index contributed by atoms with van der Waals surface area (Å²) in [5.74, 6) is 0. The van der Waals surface area contributed by atoms with Crippen molar-refractivity contribution in [2.45, 2.75) is 26.8 Å². The summed E-state index contributed by atoms with van der Waals surface area (Å²) in [4.78, 5) is 3.98. The van der Waals surface area contributed by atoms with Crippen LogP contribution in [0.4, 0.5) is 0 Å². The van der Waals surface area contributed by atoms with Crippen LogP contribution in [0.3, 0.4) is 0 Å². The van der Waals surface area contributed by atoms with Gasteiger partial charge in [-0.3, -0.25) is 4.90 Å². The van der Waals surface area contributed by atoms with Crippen LogP contribution in [0.25, 0.3) is 0 Å². The topological polar surface area (TPSA) is 15.3 Å². The Morgan fingerprint density at radius 3 is 2.87 bits per heavy atom. The van der Waals surface area contributed by atoms with E-state index in [9.17, 15) is 0 Å². The van der Waals surface area contributed by atoms with E-state index in [2.05, 4.69) is 41.6 Å². The minimum atomic E-state index is 1.08. The van der Waals surface area contributed by atoms with Gasteiger partial charge in [0, 0.05) is 11.4 Å². The van der Waals surface area contributed by atoms with Gasteiger partial charge in [-0.25, -0.2) is 0 Å². The number of hydrogen-bond acceptors (Lipinski definition) is 3. The molecule has 2 nitrogen and oxygen atoms in total. The van der Waals surface area contributed by atoms with E-state index in [1.807, 2.05) is 11.3 Å². The third-order valence-electron chi connectivity index (χ3n) is 2.48. The fraction of sp³-hybridized carbons (Fsp3) is 0.667. The molecule has 0 atom stereocenters. The molecule has 0 saturated heterocycles. The number of nitrogens with one attached hydrogen (secondary N) is 1. The number of thiophene rings is 1. The largest absolute Gasteiger partial charge is 0.317 e. The monoisotopic (exact) mass is 226 g/mol. The van der Waals surface area contributed by atoms with Gasteiger partial charge < -0.3 is 5.32 Å². The first-order valence-electron chi connectivity index (χ1n) is 5.82. The van der Waals surface area contributed by atoms with E-state index in [4.69, 9.17) is 0 Å². The highest BCUT2D eigenvalue weighted by Gasteiger charge is 2.03. The lowest BCUT2D eigenvalue weighted by Crippen LogP contribution is -2.26. The second-order valence-corrected chi connectivity index (χ2v) is 4.69. The van der Waals surface area contributed by atoms with Crippen molar-refractivity contribution in [3.63, 3.8) is 0 Å². The number of hydrogen-bond donors (Lipinski definition) is 1. The van der Waals surface area contributed by atoms with Crippen LogP contribution in [0, 0.1) is 0 Å². The molecule has 0 amide bonds. The van der Waals surface area contributed by atoms with E-state index in [1.165, 1.54) is 17.8 Å². The molecule has 0 unspecified atom stereocenters. The zero-order chi connectivity index (χ0) is 10.9. The molecule has 0 aliphatic carbocycles. The molecule has 3 heteroatoms. The molecule has 0 radical (unpaired) electrons. The van der Waals surface area contributed by atoms with E-state index in [0.29, 0.717) is 0 Å². The standard InChI is InChI=1S/C12H22N2S/c1-3-13-8-6-9-14(4-2)11-12-7-5-10-15-12/h5,7,10,13H,3-4,6,8-9,11H2,1-2H3. The van der Waals surface area contributed by atoms with Gasteiger partial charge in [0.15, 0.2) is 0 Å². The van der Waals surface area contributed by atoms with Crippen LogP contribution in [0.15, 0.2) is 17.5 Å². The van der Waals surface area contributed by atoms with Crippen molar-refractivity contribution < 1.29 is 0 Å². The molecule has 0 saturated carbocycles. The molecule has 86 valence electrons. The fourth-order valence-corrected chi connectivity index (χ4v) is 2.32. The van der Waals surface area contributed by atoms with E-state index in [1.54, 1.807) is 0 Å². The maximum atomic E-state index is 3.36. The van der Waals surface area contributed by atoms with Gasteiger partial charge in [0.1, 0.15) is 0 Å². The maximum Gasteiger partial charge on any atom is 0.0327 e. The first-order chi connectivity index (χ1) is 7.36. The molecule has 1 N–H and O–H groups in total. The molecule has 0 spiro atoms. The van der Waals surface area contributed by atoms with Crippen LogP contribution in [0.1, 0.15) is 25.1 Å². The smallest absolute Gasteiger partial charge is 0.0327 e. The summed E-state index contributed by atoms with van der Waals surface area (Å²) < 4.78 is 0. The molecular weight excluding hydrogens is 204 g/mol. The summed E-state index contributed by atoms with van der Waals surface area (Å²) in [6, 6.07) is 4.35. The van der Waals surface area contributed by atoms with Crippen LogP contribution >= 0.6 is 11.3 Å². The third-order valence-corrected chi connectivity index (χ3v) is 3.35. The third kappa shape index (κ3) is 5.30. The predicted octanol–water partition coefficient (Wildman–Crippen LogP) is 2.57. The van der Waals surface area contributed by atoms with E-state index in [-0.39, 0.29) is 0 Å². The summed E-state index contributed by atoms with van der Waals surface area (Å²) in [7, 11) is 0. The lowest BCUT2D eigenvalue weighted by molar-refractivity contribution is 0.277. The van der Waals surface area contributed by atoms with Gasteiger partial charge in [-0.15, -0.1) is 11.3 Å². The predicted molar refractivity (Wildman–Crippen MR) is 68.4 cm³/mol. The number of rotatable bonds is 8. The van der Waals surface area contributed by atoms with Gasteiger partial charge >= 0.3 is 0 Å². The quantitative estimate of drug-likeness (QED) is 0.685. The lowest BCUT2D eigenvalue weighted by Gasteiger charge is -2.19. The zero-order valence-electron chi connectivity index (χ0n) is 9.83. The molecule has 1 rings (SSSR count). The highest BCUT2D eigenvalue weighted by atomic mass is 32.1. The Hall–Kier alpha value is -0.380. The van der Waals surface area contributed by atoms with Crippen LogP contribution in [-0.4, -0.2) is 31.1 Å². The van der Waals surface area contributed by atoms with E-state index >= 15 is 0 Å². The first kappa shape index (κ1) is 12.7. The Bertz CT molecular complexity index is 234. The molecule has 1 aromatic rings. The van der Waals surface area contributed by atoms with Gasteiger partial charge in [-0.05, 0) is 44.0 Å². The van der Waals surface area contributed by atoms with Gasteiger partial charge in [0.25, 0.3) is 0 Å². The summed E-state index contributed by atoms with van der Waals surface area (Å²) in [6.07, 6.45) is 1.24. The van der Waals surface area contributed by atoms with Crippen molar-refractivity contribution in [2.24, 2.45) is 0 Å². The maximum absolute atomic E-state index is 3.36. The minimum Gasteiger partial charge on any atom is -0.317 e. The molecule has 0 fully saturated rings. The Labute approximate surface area is 97.3 Å². The van der Waals surface area contributed by atoms with Crippen LogP contribution < -0.4 is 5.32 Å². The van der Waals surface area contributed by atoms with Crippen molar-refractivity contribution >= 4 is 11.3 Å². The summed E-state index contributed by atoms with van der Waals surface area (Å²) >= 11 is 1.85. The second-order valence-electron chi connectivity index (χ2n) is 3.66. The SMILES string of the molecule is CCNCCCN(CC)Cc1cccs1. The Morgan fingerprint density at radius 2 is 2.27 bits per heavy atom. The van der Waals surface area contributed by atoms with Crippen molar-refractivity contribution in [1.29, 1.82) is 0 Å². The van der Waals surface area contributed by atoms with Crippen molar-refractivity contribution in [1.82, 2.24) is 10.2 Å². The van der Waals surface area contributed by atoms with Gasteiger partial charge in [-0.1, -0.05) is 19.9 Å². The van der Waals surface area contributed by atoms with Crippen molar-refractivity contribution in [3.05, 3.63) is 22.4 Å². The average Bonchev–Trinajstić information content (AvgIpc) is 2.75. The van der Waals surface area contributed by atoms with Crippen LogP contribution in [0.5, 0.6) is 0 Å². The fourth-order valence-electron chi connectivity index (χ4n) is 1.58. The zero-order valence-corrected chi connectivity index (χ0v) is 10.6. The van der Waals surface area contributed by atoms with Crippen LogP contribution in [0.2, 0.25) is 0 Å². The minimum absolute atomic E-state index is 1.08.